The van der Waals surface area contributed by atoms with Gasteiger partial charge in [0.15, 0.2) is 0 Å². The molecule has 0 radical (unpaired) electrons. The second-order valence-electron chi connectivity index (χ2n) is 5.35. The zero-order chi connectivity index (χ0) is 14.2. The maximum atomic E-state index is 5.89. The van der Waals surface area contributed by atoms with E-state index in [0.29, 0.717) is 6.10 Å². The van der Waals surface area contributed by atoms with Gasteiger partial charge in [0.1, 0.15) is 10.7 Å². The van der Waals surface area contributed by atoms with Crippen LogP contribution in [0.25, 0.3) is 0 Å². The van der Waals surface area contributed by atoms with Crippen molar-refractivity contribution in [3.63, 3.8) is 0 Å². The van der Waals surface area contributed by atoms with E-state index in [-0.39, 0.29) is 0 Å². The van der Waals surface area contributed by atoms with E-state index in [9.17, 15) is 0 Å². The minimum atomic E-state index is 0.391. The largest absolute Gasteiger partial charge is 0.377 e. The first-order valence-corrected chi connectivity index (χ1v) is 8.49. The molecule has 0 amide bonds. The minimum Gasteiger partial charge on any atom is -0.377 e. The van der Waals surface area contributed by atoms with Crippen LogP contribution in [0, 0.1) is 0 Å². The van der Waals surface area contributed by atoms with Crippen molar-refractivity contribution in [3.05, 3.63) is 5.69 Å². The number of ether oxygens (including phenoxy) is 1. The number of rotatable bonds is 8. The Morgan fingerprint density at radius 2 is 2.30 bits per heavy atom. The van der Waals surface area contributed by atoms with E-state index in [1.807, 2.05) is 0 Å². The Labute approximate surface area is 125 Å². The Bertz CT molecular complexity index is 385. The fourth-order valence-corrected chi connectivity index (χ4v) is 3.07. The van der Waals surface area contributed by atoms with Gasteiger partial charge in [-0.05, 0) is 32.2 Å². The van der Waals surface area contributed by atoms with E-state index in [1.54, 1.807) is 0 Å². The second-order valence-corrected chi connectivity index (χ2v) is 6.10. The van der Waals surface area contributed by atoms with Crippen molar-refractivity contribution in [1.29, 1.82) is 0 Å². The third-order valence-corrected chi connectivity index (χ3v) is 4.21. The predicted molar refractivity (Wildman–Crippen MR) is 83.2 cm³/mol. The molecule has 6 heteroatoms. The number of hydrogen-bond acceptors (Lipinski definition) is 6. The van der Waals surface area contributed by atoms with E-state index in [4.69, 9.17) is 4.74 Å². The van der Waals surface area contributed by atoms with Gasteiger partial charge in [-0.25, -0.2) is 0 Å². The first-order valence-electron chi connectivity index (χ1n) is 7.72. The highest BCUT2D eigenvalue weighted by Crippen LogP contribution is 2.22. The molecule has 0 spiro atoms. The van der Waals surface area contributed by atoms with Crippen molar-refractivity contribution in [2.45, 2.75) is 52.2 Å². The van der Waals surface area contributed by atoms with Crippen LogP contribution < -0.4 is 5.32 Å². The molecule has 1 aliphatic heterocycles. The number of hydrogen-bond donors (Lipinski definition) is 1. The van der Waals surface area contributed by atoms with Crippen LogP contribution in [0.1, 0.15) is 45.2 Å². The number of nitrogens with one attached hydrogen (secondary N) is 1. The summed E-state index contributed by atoms with van der Waals surface area (Å²) in [6.45, 7) is 9.23. The molecule has 2 rings (SSSR count). The molecule has 0 saturated carbocycles. The lowest BCUT2D eigenvalue weighted by molar-refractivity contribution is -0.00248. The van der Waals surface area contributed by atoms with Gasteiger partial charge in [0.25, 0.3) is 0 Å². The molecule has 1 aromatic heterocycles. The summed E-state index contributed by atoms with van der Waals surface area (Å²) in [4.78, 5) is 2.44. The highest BCUT2D eigenvalue weighted by atomic mass is 32.1. The highest BCUT2D eigenvalue weighted by Gasteiger charge is 2.22. The Hall–Kier alpha value is -0.720. The van der Waals surface area contributed by atoms with Crippen LogP contribution in [-0.2, 0) is 11.3 Å². The van der Waals surface area contributed by atoms with Crippen LogP contribution in [0.5, 0.6) is 0 Å². The molecular formula is C14H26N4OS. The summed E-state index contributed by atoms with van der Waals surface area (Å²) < 4.78 is 9.97. The summed E-state index contributed by atoms with van der Waals surface area (Å²) in [5, 5.41) is 8.82. The SMILES string of the molecule is CCCNc1snnc1CN1CCCC(OCCC)C1. The van der Waals surface area contributed by atoms with Gasteiger partial charge in [-0.2, -0.15) is 0 Å². The quantitative estimate of drug-likeness (QED) is 0.800. The van der Waals surface area contributed by atoms with E-state index in [1.165, 1.54) is 24.4 Å². The summed E-state index contributed by atoms with van der Waals surface area (Å²) >= 11 is 1.46. The molecule has 1 N–H and O–H groups in total. The molecule has 1 saturated heterocycles. The number of anilines is 1. The molecule has 20 heavy (non-hydrogen) atoms. The van der Waals surface area contributed by atoms with Gasteiger partial charge in [0.05, 0.1) is 6.10 Å². The lowest BCUT2D eigenvalue weighted by atomic mass is 10.1. The number of likely N-dealkylation sites (tertiary alicyclic amines) is 1. The summed E-state index contributed by atoms with van der Waals surface area (Å²) in [6, 6.07) is 0. The predicted octanol–water partition coefficient (Wildman–Crippen LogP) is 2.75. The first kappa shape index (κ1) is 15.7. The van der Waals surface area contributed by atoms with Gasteiger partial charge >= 0.3 is 0 Å². The van der Waals surface area contributed by atoms with Crippen LogP contribution in [0.4, 0.5) is 5.00 Å². The Balaban J connectivity index is 1.84. The van der Waals surface area contributed by atoms with Gasteiger partial charge in [-0.3, -0.25) is 4.90 Å². The maximum Gasteiger partial charge on any atom is 0.134 e. The molecule has 5 nitrogen and oxygen atoms in total. The summed E-state index contributed by atoms with van der Waals surface area (Å²) in [5.41, 5.74) is 1.08. The van der Waals surface area contributed by atoms with E-state index >= 15 is 0 Å². The van der Waals surface area contributed by atoms with Crippen molar-refractivity contribution in [2.75, 3.05) is 31.6 Å². The molecule has 2 heterocycles. The molecule has 114 valence electrons. The topological polar surface area (TPSA) is 50.3 Å². The van der Waals surface area contributed by atoms with E-state index < -0.39 is 0 Å². The van der Waals surface area contributed by atoms with Gasteiger partial charge in [-0.15, -0.1) is 5.10 Å². The van der Waals surface area contributed by atoms with Gasteiger partial charge in [0, 0.05) is 37.8 Å². The molecule has 1 aromatic rings. The summed E-state index contributed by atoms with van der Waals surface area (Å²) in [6.07, 6.45) is 5.00. The molecule has 1 aliphatic rings. The fourth-order valence-electron chi connectivity index (χ4n) is 2.47. The van der Waals surface area contributed by atoms with Gasteiger partial charge < -0.3 is 10.1 Å². The summed E-state index contributed by atoms with van der Waals surface area (Å²) in [7, 11) is 0. The molecule has 0 aromatic carbocycles. The Kier molecular flexibility index (Phi) is 6.69. The average Bonchev–Trinajstić information content (AvgIpc) is 2.90. The van der Waals surface area contributed by atoms with Crippen molar-refractivity contribution < 1.29 is 4.74 Å². The number of aromatic nitrogens is 2. The van der Waals surface area contributed by atoms with Crippen LogP contribution in [0.2, 0.25) is 0 Å². The fraction of sp³-hybridized carbons (Fsp3) is 0.857. The monoisotopic (exact) mass is 298 g/mol. The number of piperidine rings is 1. The van der Waals surface area contributed by atoms with Crippen LogP contribution in [0.3, 0.4) is 0 Å². The molecule has 1 unspecified atom stereocenters. The smallest absolute Gasteiger partial charge is 0.134 e. The van der Waals surface area contributed by atoms with Crippen molar-refractivity contribution in [2.24, 2.45) is 0 Å². The molecule has 0 bridgehead atoms. The Morgan fingerprint density at radius 1 is 1.40 bits per heavy atom. The van der Waals surface area contributed by atoms with Gasteiger partial charge in [0.2, 0.25) is 0 Å². The third-order valence-electron chi connectivity index (χ3n) is 3.48. The minimum absolute atomic E-state index is 0.391. The zero-order valence-electron chi connectivity index (χ0n) is 12.6. The molecule has 0 aliphatic carbocycles. The van der Waals surface area contributed by atoms with Crippen LogP contribution in [-0.4, -0.2) is 46.8 Å². The van der Waals surface area contributed by atoms with Crippen molar-refractivity contribution in [3.8, 4) is 0 Å². The van der Waals surface area contributed by atoms with E-state index in [0.717, 1.165) is 56.3 Å². The average molecular weight is 298 g/mol. The lowest BCUT2D eigenvalue weighted by Gasteiger charge is -2.32. The standard InChI is InChI=1S/C14H26N4OS/c1-3-7-15-14-13(16-17-20-14)11-18-8-5-6-12(10-18)19-9-4-2/h12,15H,3-11H2,1-2H3. The summed E-state index contributed by atoms with van der Waals surface area (Å²) in [5.74, 6) is 0. The van der Waals surface area contributed by atoms with Gasteiger partial charge in [-0.1, -0.05) is 18.3 Å². The highest BCUT2D eigenvalue weighted by molar-refractivity contribution is 7.10. The lowest BCUT2D eigenvalue weighted by Crippen LogP contribution is -2.39. The van der Waals surface area contributed by atoms with Crippen LogP contribution >= 0.6 is 11.5 Å². The number of nitrogens with zero attached hydrogens (tertiary/aromatic N) is 3. The second kappa shape index (κ2) is 8.54. The molecule has 1 fully saturated rings. The normalized spacial score (nSPS) is 20.2. The molecular weight excluding hydrogens is 272 g/mol. The van der Waals surface area contributed by atoms with Crippen molar-refractivity contribution >= 4 is 16.5 Å². The zero-order valence-corrected chi connectivity index (χ0v) is 13.4. The first-order chi connectivity index (χ1) is 9.83. The van der Waals surface area contributed by atoms with Crippen LogP contribution in [0.15, 0.2) is 0 Å². The maximum absolute atomic E-state index is 5.89. The van der Waals surface area contributed by atoms with E-state index in [2.05, 4.69) is 33.7 Å². The third kappa shape index (κ3) is 4.68. The Morgan fingerprint density at radius 3 is 3.10 bits per heavy atom. The molecule has 1 atom stereocenters. The van der Waals surface area contributed by atoms with Crippen molar-refractivity contribution in [1.82, 2.24) is 14.5 Å².